The van der Waals surface area contributed by atoms with Gasteiger partial charge < -0.3 is 14.1 Å². The molecule has 0 bridgehead atoms. The van der Waals surface area contributed by atoms with Gasteiger partial charge >= 0.3 is 0 Å². The molecular formula is C21H22N4O3. The SMILES string of the molecule is O=C(COc1ccccc1)N1CCN(Cc2nnc(-c3ccccc3)o2)CC1. The minimum absolute atomic E-state index is 0.00709. The third-order valence-corrected chi connectivity index (χ3v) is 4.68. The fourth-order valence-corrected chi connectivity index (χ4v) is 3.11. The number of piperazine rings is 1. The van der Waals surface area contributed by atoms with E-state index in [-0.39, 0.29) is 12.5 Å². The molecule has 4 rings (SSSR count). The van der Waals surface area contributed by atoms with E-state index in [0.717, 1.165) is 18.7 Å². The molecule has 28 heavy (non-hydrogen) atoms. The first-order valence-corrected chi connectivity index (χ1v) is 9.34. The zero-order valence-corrected chi connectivity index (χ0v) is 15.5. The number of aromatic nitrogens is 2. The third-order valence-electron chi connectivity index (χ3n) is 4.68. The minimum atomic E-state index is 0.00709. The van der Waals surface area contributed by atoms with Gasteiger partial charge in [-0.15, -0.1) is 10.2 Å². The van der Waals surface area contributed by atoms with Gasteiger partial charge in [-0.3, -0.25) is 9.69 Å². The van der Waals surface area contributed by atoms with Crippen LogP contribution >= 0.6 is 0 Å². The summed E-state index contributed by atoms with van der Waals surface area (Å²) in [5, 5.41) is 8.27. The highest BCUT2D eigenvalue weighted by molar-refractivity contribution is 5.77. The molecule has 1 aliphatic heterocycles. The molecule has 3 aromatic rings. The third kappa shape index (κ3) is 4.55. The van der Waals surface area contributed by atoms with Gasteiger partial charge in [-0.1, -0.05) is 36.4 Å². The van der Waals surface area contributed by atoms with Crippen LogP contribution in [0.15, 0.2) is 65.1 Å². The van der Waals surface area contributed by atoms with Gasteiger partial charge in [0, 0.05) is 31.7 Å². The van der Waals surface area contributed by atoms with Crippen LogP contribution in [0.5, 0.6) is 5.75 Å². The van der Waals surface area contributed by atoms with E-state index in [9.17, 15) is 4.79 Å². The highest BCUT2D eigenvalue weighted by atomic mass is 16.5. The second-order valence-electron chi connectivity index (χ2n) is 6.63. The van der Waals surface area contributed by atoms with Crippen molar-refractivity contribution in [3.63, 3.8) is 0 Å². The lowest BCUT2D eigenvalue weighted by Crippen LogP contribution is -2.49. The number of carbonyl (C=O) groups excluding carboxylic acids is 1. The molecular weight excluding hydrogens is 356 g/mol. The summed E-state index contributed by atoms with van der Waals surface area (Å²) in [5.41, 5.74) is 0.912. The van der Waals surface area contributed by atoms with Crippen LogP contribution in [0.2, 0.25) is 0 Å². The van der Waals surface area contributed by atoms with E-state index in [4.69, 9.17) is 9.15 Å². The van der Waals surface area contributed by atoms with Crippen molar-refractivity contribution in [1.82, 2.24) is 20.0 Å². The first kappa shape index (κ1) is 18.2. The maximum atomic E-state index is 12.3. The highest BCUT2D eigenvalue weighted by Crippen LogP contribution is 2.18. The van der Waals surface area contributed by atoms with Crippen molar-refractivity contribution in [2.75, 3.05) is 32.8 Å². The number of hydrogen-bond donors (Lipinski definition) is 0. The molecule has 1 amide bonds. The van der Waals surface area contributed by atoms with Crippen molar-refractivity contribution in [3.8, 4) is 17.2 Å². The first-order chi connectivity index (χ1) is 13.8. The Morgan fingerprint density at radius 3 is 2.32 bits per heavy atom. The Hall–Kier alpha value is -3.19. The fraction of sp³-hybridized carbons (Fsp3) is 0.286. The molecule has 0 aliphatic carbocycles. The van der Waals surface area contributed by atoms with Crippen molar-refractivity contribution < 1.29 is 13.9 Å². The maximum absolute atomic E-state index is 12.3. The summed E-state index contributed by atoms with van der Waals surface area (Å²) in [6.45, 7) is 3.50. The lowest BCUT2D eigenvalue weighted by atomic mass is 10.2. The van der Waals surface area contributed by atoms with E-state index in [0.29, 0.717) is 37.2 Å². The van der Waals surface area contributed by atoms with Gasteiger partial charge in [0.25, 0.3) is 5.91 Å². The molecule has 144 valence electrons. The molecule has 1 saturated heterocycles. The van der Waals surface area contributed by atoms with Crippen molar-refractivity contribution in [2.24, 2.45) is 0 Å². The minimum Gasteiger partial charge on any atom is -0.484 e. The summed E-state index contributed by atoms with van der Waals surface area (Å²) in [5.74, 6) is 1.83. The van der Waals surface area contributed by atoms with Gasteiger partial charge in [-0.2, -0.15) is 0 Å². The largest absolute Gasteiger partial charge is 0.484 e. The molecule has 0 atom stereocenters. The average Bonchev–Trinajstić information content (AvgIpc) is 3.22. The predicted octanol–water partition coefficient (Wildman–Crippen LogP) is 2.46. The van der Waals surface area contributed by atoms with Crippen LogP contribution in [0.3, 0.4) is 0 Å². The van der Waals surface area contributed by atoms with Crippen LogP contribution in [-0.2, 0) is 11.3 Å². The summed E-state index contributed by atoms with van der Waals surface area (Å²) in [4.78, 5) is 16.4. The lowest BCUT2D eigenvalue weighted by molar-refractivity contribution is -0.135. The van der Waals surface area contributed by atoms with Gasteiger partial charge in [0.2, 0.25) is 11.8 Å². The summed E-state index contributed by atoms with van der Waals surface area (Å²) in [6.07, 6.45) is 0. The van der Waals surface area contributed by atoms with E-state index in [2.05, 4.69) is 15.1 Å². The molecule has 0 radical (unpaired) electrons. The average molecular weight is 378 g/mol. The van der Waals surface area contributed by atoms with Gasteiger partial charge in [-0.05, 0) is 24.3 Å². The molecule has 0 spiro atoms. The van der Waals surface area contributed by atoms with Crippen LogP contribution < -0.4 is 4.74 Å². The smallest absolute Gasteiger partial charge is 0.260 e. The second-order valence-corrected chi connectivity index (χ2v) is 6.63. The summed E-state index contributed by atoms with van der Waals surface area (Å²) < 4.78 is 11.3. The fourth-order valence-electron chi connectivity index (χ4n) is 3.11. The number of hydrogen-bond acceptors (Lipinski definition) is 6. The number of amides is 1. The molecule has 1 fully saturated rings. The molecule has 7 heteroatoms. The molecule has 0 N–H and O–H groups in total. The monoisotopic (exact) mass is 378 g/mol. The van der Waals surface area contributed by atoms with Crippen molar-refractivity contribution >= 4 is 5.91 Å². The summed E-state index contributed by atoms with van der Waals surface area (Å²) in [6, 6.07) is 19.1. The van der Waals surface area contributed by atoms with Gasteiger partial charge in [0.15, 0.2) is 6.61 Å². The summed E-state index contributed by atoms with van der Waals surface area (Å²) in [7, 11) is 0. The van der Waals surface area contributed by atoms with Gasteiger partial charge in [-0.25, -0.2) is 0 Å². The van der Waals surface area contributed by atoms with Crippen LogP contribution in [0, 0.1) is 0 Å². The first-order valence-electron chi connectivity index (χ1n) is 9.34. The molecule has 1 aromatic heterocycles. The molecule has 2 heterocycles. The number of carbonyl (C=O) groups is 1. The lowest BCUT2D eigenvalue weighted by Gasteiger charge is -2.33. The Labute approximate surface area is 163 Å². The Morgan fingerprint density at radius 1 is 0.929 bits per heavy atom. The molecule has 1 aliphatic rings. The van der Waals surface area contributed by atoms with Crippen LogP contribution in [0.25, 0.3) is 11.5 Å². The number of ether oxygens (including phenoxy) is 1. The second kappa shape index (κ2) is 8.67. The van der Waals surface area contributed by atoms with Crippen molar-refractivity contribution in [2.45, 2.75) is 6.54 Å². The molecule has 7 nitrogen and oxygen atoms in total. The quantitative estimate of drug-likeness (QED) is 0.656. The van der Waals surface area contributed by atoms with E-state index in [1.54, 1.807) is 0 Å². The zero-order valence-electron chi connectivity index (χ0n) is 15.5. The summed E-state index contributed by atoms with van der Waals surface area (Å²) >= 11 is 0. The predicted molar refractivity (Wildman–Crippen MR) is 104 cm³/mol. The van der Waals surface area contributed by atoms with Gasteiger partial charge in [0.1, 0.15) is 5.75 Å². The van der Waals surface area contributed by atoms with E-state index >= 15 is 0 Å². The molecule has 2 aromatic carbocycles. The molecule has 0 unspecified atom stereocenters. The van der Waals surface area contributed by atoms with Crippen molar-refractivity contribution in [3.05, 3.63) is 66.6 Å². The van der Waals surface area contributed by atoms with E-state index < -0.39 is 0 Å². The Bertz CT molecular complexity index is 890. The van der Waals surface area contributed by atoms with E-state index in [1.807, 2.05) is 65.6 Å². The number of para-hydroxylation sites is 1. The standard InChI is InChI=1S/C21H22N4O3/c26-20(16-27-18-9-5-2-6-10-18)25-13-11-24(12-14-25)15-19-22-23-21(28-19)17-7-3-1-4-8-17/h1-10H,11-16H2. The number of benzene rings is 2. The Morgan fingerprint density at radius 2 is 1.61 bits per heavy atom. The maximum Gasteiger partial charge on any atom is 0.260 e. The van der Waals surface area contributed by atoms with Crippen molar-refractivity contribution in [1.29, 1.82) is 0 Å². The number of nitrogens with zero attached hydrogens (tertiary/aromatic N) is 4. The van der Waals surface area contributed by atoms with E-state index in [1.165, 1.54) is 0 Å². The molecule has 0 saturated carbocycles. The zero-order chi connectivity index (χ0) is 19.2. The number of rotatable bonds is 6. The highest BCUT2D eigenvalue weighted by Gasteiger charge is 2.23. The van der Waals surface area contributed by atoms with Crippen LogP contribution in [0.4, 0.5) is 0 Å². The normalized spacial score (nSPS) is 14.8. The Balaban J connectivity index is 1.24. The van der Waals surface area contributed by atoms with Crippen LogP contribution in [-0.4, -0.2) is 58.7 Å². The Kier molecular flexibility index (Phi) is 5.63. The van der Waals surface area contributed by atoms with Crippen LogP contribution in [0.1, 0.15) is 5.89 Å². The topological polar surface area (TPSA) is 71.7 Å². The van der Waals surface area contributed by atoms with Gasteiger partial charge in [0.05, 0.1) is 6.54 Å².